The quantitative estimate of drug-likeness (QED) is 0.689. The van der Waals surface area contributed by atoms with Crippen molar-refractivity contribution in [1.29, 1.82) is 0 Å². The number of carbonyl (C=O) groups is 1. The smallest absolute Gasteiger partial charge is 0.395 e. The first-order valence-corrected chi connectivity index (χ1v) is 3.54. The lowest BCUT2D eigenvalue weighted by atomic mass is 10.4. The van der Waals surface area contributed by atoms with Gasteiger partial charge in [0.15, 0.2) is 5.69 Å². The van der Waals surface area contributed by atoms with E-state index in [1.807, 2.05) is 0 Å². The maximum atomic E-state index is 12.0. The van der Waals surface area contributed by atoms with Crippen molar-refractivity contribution in [3.05, 3.63) is 18.1 Å². The Morgan fingerprint density at radius 3 is 2.57 bits per heavy atom. The maximum absolute atomic E-state index is 12.0. The lowest BCUT2D eigenvalue weighted by Crippen LogP contribution is -2.09. The second-order valence-corrected chi connectivity index (χ2v) is 2.39. The summed E-state index contributed by atoms with van der Waals surface area (Å²) >= 11 is 4.78. The highest BCUT2D eigenvalue weighted by Crippen LogP contribution is 2.28. The first-order chi connectivity index (χ1) is 6.39. The van der Waals surface area contributed by atoms with E-state index in [-0.39, 0.29) is 0 Å². The van der Waals surface area contributed by atoms with Crippen LogP contribution in [0.1, 0.15) is 5.69 Å². The van der Waals surface area contributed by atoms with Crippen molar-refractivity contribution < 1.29 is 22.7 Å². The molecule has 1 aromatic rings. The molecule has 0 amide bonds. The molecule has 0 atom stereocenters. The van der Waals surface area contributed by atoms with Crippen LogP contribution >= 0.6 is 11.6 Å². The Bertz CT molecular complexity index is 355. The molecule has 0 unspecified atom stereocenters. The molecule has 4 nitrogen and oxygen atoms in total. The van der Waals surface area contributed by atoms with Crippen molar-refractivity contribution in [3.63, 3.8) is 0 Å². The zero-order valence-corrected chi connectivity index (χ0v) is 7.13. The molecular formula is C6H2ClF3N2O2. The van der Waals surface area contributed by atoms with Crippen LogP contribution in [0.15, 0.2) is 12.4 Å². The first-order valence-electron chi connectivity index (χ1n) is 3.16. The molecule has 0 spiro atoms. The minimum atomic E-state index is -4.61. The molecule has 0 saturated carbocycles. The average molecular weight is 227 g/mol. The fraction of sp³-hybridized carbons (Fsp3) is 0.167. The third-order valence-corrected chi connectivity index (χ3v) is 1.19. The summed E-state index contributed by atoms with van der Waals surface area (Å²) in [4.78, 5) is 16.4. The molecule has 0 aliphatic rings. The number of ether oxygens (including phenoxy) is 1. The van der Waals surface area contributed by atoms with Gasteiger partial charge in [-0.1, -0.05) is 0 Å². The lowest BCUT2D eigenvalue weighted by molar-refractivity contribution is -0.141. The molecule has 0 aromatic carbocycles. The number of alkyl halides is 3. The fourth-order valence-electron chi connectivity index (χ4n) is 0.633. The minimum Gasteiger partial charge on any atom is -0.395 e. The van der Waals surface area contributed by atoms with Gasteiger partial charge < -0.3 is 4.74 Å². The molecule has 8 heteroatoms. The summed E-state index contributed by atoms with van der Waals surface area (Å²) in [5.74, 6) is -0.549. The Hall–Kier alpha value is -1.37. The molecule has 0 aliphatic carbocycles. The fourth-order valence-corrected chi connectivity index (χ4v) is 0.712. The summed E-state index contributed by atoms with van der Waals surface area (Å²) in [6.07, 6.45) is -3.99. The van der Waals surface area contributed by atoms with E-state index in [0.717, 1.165) is 0 Å². The Kier molecular flexibility index (Phi) is 2.90. The second kappa shape index (κ2) is 3.79. The van der Waals surface area contributed by atoms with Gasteiger partial charge in [0.2, 0.25) is 5.88 Å². The number of nitrogens with zero attached hydrogens (tertiary/aromatic N) is 2. The van der Waals surface area contributed by atoms with Crippen LogP contribution in [0.5, 0.6) is 5.88 Å². The van der Waals surface area contributed by atoms with Crippen molar-refractivity contribution in [2.75, 3.05) is 0 Å². The third kappa shape index (κ3) is 2.84. The van der Waals surface area contributed by atoms with Gasteiger partial charge in [-0.2, -0.15) is 13.2 Å². The molecule has 1 aromatic heterocycles. The molecule has 76 valence electrons. The van der Waals surface area contributed by atoms with Crippen molar-refractivity contribution in [3.8, 4) is 5.88 Å². The number of hydrogen-bond donors (Lipinski definition) is 0. The lowest BCUT2D eigenvalue weighted by Gasteiger charge is -2.05. The van der Waals surface area contributed by atoms with E-state index in [1.54, 1.807) is 0 Å². The van der Waals surface area contributed by atoms with E-state index < -0.39 is 23.2 Å². The van der Waals surface area contributed by atoms with Crippen molar-refractivity contribution >= 4 is 17.0 Å². The highest BCUT2D eigenvalue weighted by Gasteiger charge is 2.33. The molecule has 0 fully saturated rings. The highest BCUT2D eigenvalue weighted by atomic mass is 35.5. The van der Waals surface area contributed by atoms with Crippen LogP contribution < -0.4 is 4.74 Å². The average Bonchev–Trinajstić information content (AvgIpc) is 2.01. The van der Waals surface area contributed by atoms with Gasteiger partial charge in [0, 0.05) is 17.7 Å². The summed E-state index contributed by atoms with van der Waals surface area (Å²) in [6, 6.07) is 0.472. The number of carbonyl (C=O) groups excluding carboxylic acids is 1. The largest absolute Gasteiger partial charge is 0.433 e. The van der Waals surface area contributed by atoms with E-state index in [2.05, 4.69) is 14.7 Å². The molecule has 0 saturated heterocycles. The van der Waals surface area contributed by atoms with Gasteiger partial charge in [-0.05, 0) is 0 Å². The van der Waals surface area contributed by atoms with E-state index in [4.69, 9.17) is 11.6 Å². The molecule has 1 heterocycles. The Balaban J connectivity index is 2.95. The van der Waals surface area contributed by atoms with Gasteiger partial charge in [-0.3, -0.25) is 0 Å². The monoisotopic (exact) mass is 226 g/mol. The number of aromatic nitrogens is 2. The Morgan fingerprint density at radius 1 is 1.43 bits per heavy atom. The summed E-state index contributed by atoms with van der Waals surface area (Å²) in [5.41, 5.74) is -2.47. The maximum Gasteiger partial charge on any atom is 0.433 e. The first kappa shape index (κ1) is 10.7. The van der Waals surface area contributed by atoms with Crippen LogP contribution in [0.4, 0.5) is 18.0 Å². The molecule has 0 radical (unpaired) electrons. The predicted molar refractivity (Wildman–Crippen MR) is 38.9 cm³/mol. The van der Waals surface area contributed by atoms with Crippen molar-refractivity contribution in [2.45, 2.75) is 6.18 Å². The van der Waals surface area contributed by atoms with E-state index in [1.165, 1.54) is 0 Å². The van der Waals surface area contributed by atoms with Gasteiger partial charge in [-0.15, -0.1) is 0 Å². The SMILES string of the molecule is O=C(Cl)Oc1cc(C(F)(F)F)ncn1. The summed E-state index contributed by atoms with van der Waals surface area (Å²) < 4.78 is 40.3. The number of hydrogen-bond acceptors (Lipinski definition) is 4. The van der Waals surface area contributed by atoms with Crippen molar-refractivity contribution in [2.24, 2.45) is 0 Å². The van der Waals surface area contributed by atoms with Crippen LogP contribution in [-0.2, 0) is 6.18 Å². The number of halogens is 4. The Morgan fingerprint density at radius 2 is 2.07 bits per heavy atom. The van der Waals surface area contributed by atoms with Crippen LogP contribution in [0, 0.1) is 0 Å². The normalized spacial score (nSPS) is 11.1. The Labute approximate surface area is 80.7 Å². The van der Waals surface area contributed by atoms with Gasteiger partial charge in [0.05, 0.1) is 0 Å². The van der Waals surface area contributed by atoms with Gasteiger partial charge >= 0.3 is 11.6 Å². The van der Waals surface area contributed by atoms with Crippen LogP contribution in [0.3, 0.4) is 0 Å². The van der Waals surface area contributed by atoms with Gasteiger partial charge in [0.1, 0.15) is 6.33 Å². The molecule has 0 aliphatic heterocycles. The molecule has 0 bridgehead atoms. The molecule has 14 heavy (non-hydrogen) atoms. The van der Waals surface area contributed by atoms with E-state index >= 15 is 0 Å². The predicted octanol–water partition coefficient (Wildman–Crippen LogP) is 2.23. The standard InChI is InChI=1S/C6H2ClF3N2O2/c7-5(13)14-4-1-3(6(8,9)10)11-2-12-4/h1-2H. The minimum absolute atomic E-state index is 0.472. The summed E-state index contributed by atoms with van der Waals surface area (Å²) in [7, 11) is 0. The van der Waals surface area contributed by atoms with Gasteiger partial charge in [-0.25, -0.2) is 14.8 Å². The second-order valence-electron chi connectivity index (χ2n) is 2.08. The van der Waals surface area contributed by atoms with Crippen LogP contribution in [0.25, 0.3) is 0 Å². The topological polar surface area (TPSA) is 52.1 Å². The zero-order chi connectivity index (χ0) is 10.8. The zero-order valence-electron chi connectivity index (χ0n) is 6.38. The molecular weight excluding hydrogens is 225 g/mol. The molecule has 1 rings (SSSR count). The molecule has 0 N–H and O–H groups in total. The highest BCUT2D eigenvalue weighted by molar-refractivity contribution is 6.61. The van der Waals surface area contributed by atoms with Gasteiger partial charge in [0.25, 0.3) is 0 Å². The van der Waals surface area contributed by atoms with Crippen molar-refractivity contribution in [1.82, 2.24) is 9.97 Å². The summed E-state index contributed by atoms with van der Waals surface area (Å²) in [6.45, 7) is 0. The van der Waals surface area contributed by atoms with E-state index in [9.17, 15) is 18.0 Å². The third-order valence-electron chi connectivity index (χ3n) is 1.12. The summed E-state index contributed by atoms with van der Waals surface area (Å²) in [5, 5.41) is 0. The van der Waals surface area contributed by atoms with Crippen LogP contribution in [0.2, 0.25) is 0 Å². The van der Waals surface area contributed by atoms with E-state index in [0.29, 0.717) is 12.4 Å². The number of rotatable bonds is 1. The van der Waals surface area contributed by atoms with Crippen LogP contribution in [-0.4, -0.2) is 15.4 Å².